The number of allylic oxidation sites excluding steroid dienone is 1. The van der Waals surface area contributed by atoms with Gasteiger partial charge in [-0.05, 0) is 25.5 Å². The third kappa shape index (κ3) is 8.85. The molecule has 1 unspecified atom stereocenters. The Kier molecular flexibility index (Phi) is 13.7. The molecule has 2 rings (SSSR count). The zero-order valence-corrected chi connectivity index (χ0v) is 14.8. The zero-order chi connectivity index (χ0) is 16.6. The van der Waals surface area contributed by atoms with Crippen molar-refractivity contribution in [3.05, 3.63) is 43.0 Å². The summed E-state index contributed by atoms with van der Waals surface area (Å²) in [6.45, 7) is 16.0. The van der Waals surface area contributed by atoms with Crippen LogP contribution in [0.4, 0.5) is 0 Å². The second-order valence-corrected chi connectivity index (χ2v) is 4.74. The molecule has 1 heterocycles. The third-order valence-electron chi connectivity index (χ3n) is 3.22. The first-order chi connectivity index (χ1) is 10.8. The fraction of sp³-hybridized carbons (Fsp3) is 0.579. The first kappa shape index (κ1) is 20.7. The van der Waals surface area contributed by atoms with E-state index in [4.69, 9.17) is 9.47 Å². The number of ether oxygens (including phenoxy) is 2. The van der Waals surface area contributed by atoms with Crippen molar-refractivity contribution < 1.29 is 9.47 Å². The largest absolute Gasteiger partial charge is 0.492 e. The van der Waals surface area contributed by atoms with Crippen LogP contribution in [0.15, 0.2) is 43.0 Å². The fourth-order valence-corrected chi connectivity index (χ4v) is 2.13. The number of nitrogens with zero attached hydrogens (tertiary/aromatic N) is 1. The number of rotatable bonds is 5. The van der Waals surface area contributed by atoms with Gasteiger partial charge in [-0.15, -0.1) is 6.58 Å². The fourth-order valence-electron chi connectivity index (χ4n) is 2.13. The number of hydrogen-bond donors (Lipinski definition) is 0. The van der Waals surface area contributed by atoms with E-state index in [1.54, 1.807) is 6.08 Å². The molecule has 1 aromatic carbocycles. The Balaban J connectivity index is 0.000000789. The quantitative estimate of drug-likeness (QED) is 0.753. The zero-order valence-electron chi connectivity index (χ0n) is 14.8. The van der Waals surface area contributed by atoms with E-state index in [1.165, 1.54) is 0 Å². The molecule has 0 radical (unpaired) electrons. The minimum absolute atomic E-state index is 0.499. The molecule has 1 fully saturated rings. The molecule has 0 bridgehead atoms. The van der Waals surface area contributed by atoms with Gasteiger partial charge in [0, 0.05) is 19.1 Å². The number of para-hydroxylation sites is 1. The van der Waals surface area contributed by atoms with Crippen LogP contribution in [0.3, 0.4) is 0 Å². The number of hydrogen-bond acceptors (Lipinski definition) is 3. The topological polar surface area (TPSA) is 21.7 Å². The Morgan fingerprint density at radius 1 is 1.23 bits per heavy atom. The summed E-state index contributed by atoms with van der Waals surface area (Å²) in [5.41, 5.74) is 0. The van der Waals surface area contributed by atoms with E-state index in [-0.39, 0.29) is 0 Å². The maximum atomic E-state index is 5.83. The van der Waals surface area contributed by atoms with E-state index >= 15 is 0 Å². The van der Waals surface area contributed by atoms with Crippen LogP contribution in [0.2, 0.25) is 0 Å². The number of benzene rings is 1. The Morgan fingerprint density at radius 2 is 1.77 bits per heavy atom. The average Bonchev–Trinajstić information content (AvgIpc) is 2.60. The van der Waals surface area contributed by atoms with Crippen LogP contribution >= 0.6 is 0 Å². The Morgan fingerprint density at radius 3 is 2.27 bits per heavy atom. The minimum Gasteiger partial charge on any atom is -0.492 e. The van der Waals surface area contributed by atoms with Crippen molar-refractivity contribution in [1.29, 1.82) is 0 Å². The van der Waals surface area contributed by atoms with E-state index in [9.17, 15) is 0 Å². The smallest absolute Gasteiger partial charge is 0.119 e. The molecular weight excluding hydrogens is 274 g/mol. The predicted octanol–water partition coefficient (Wildman–Crippen LogP) is 4.39. The SMILES string of the molecule is C=CC.CC.CCC(COc1ccccc1)N1CCOCC1. The first-order valence-corrected chi connectivity index (χ1v) is 8.38. The first-order valence-electron chi connectivity index (χ1n) is 8.38. The third-order valence-corrected chi connectivity index (χ3v) is 3.22. The van der Waals surface area contributed by atoms with E-state index in [1.807, 2.05) is 51.1 Å². The van der Waals surface area contributed by atoms with Crippen molar-refractivity contribution >= 4 is 0 Å². The lowest BCUT2D eigenvalue weighted by molar-refractivity contribution is 0.00516. The molecular formula is C19H33NO2. The molecule has 1 saturated heterocycles. The highest BCUT2D eigenvalue weighted by Gasteiger charge is 2.19. The van der Waals surface area contributed by atoms with Crippen LogP contribution in [0.1, 0.15) is 34.1 Å². The molecule has 22 heavy (non-hydrogen) atoms. The van der Waals surface area contributed by atoms with Gasteiger partial charge in [-0.1, -0.05) is 45.0 Å². The lowest BCUT2D eigenvalue weighted by Crippen LogP contribution is -2.45. The predicted molar refractivity (Wildman–Crippen MR) is 95.6 cm³/mol. The number of morpholine rings is 1. The second kappa shape index (κ2) is 14.6. The van der Waals surface area contributed by atoms with Crippen LogP contribution in [-0.2, 0) is 4.74 Å². The van der Waals surface area contributed by atoms with Crippen LogP contribution in [-0.4, -0.2) is 43.9 Å². The van der Waals surface area contributed by atoms with Crippen molar-refractivity contribution in [2.45, 2.75) is 40.2 Å². The molecule has 126 valence electrons. The van der Waals surface area contributed by atoms with Crippen molar-refractivity contribution in [3.8, 4) is 5.75 Å². The highest BCUT2D eigenvalue weighted by molar-refractivity contribution is 5.20. The van der Waals surface area contributed by atoms with Crippen molar-refractivity contribution in [2.75, 3.05) is 32.9 Å². The molecule has 0 aromatic heterocycles. The lowest BCUT2D eigenvalue weighted by Gasteiger charge is -2.33. The van der Waals surface area contributed by atoms with Gasteiger partial charge in [-0.2, -0.15) is 0 Å². The van der Waals surface area contributed by atoms with Gasteiger partial charge in [0.05, 0.1) is 13.2 Å². The van der Waals surface area contributed by atoms with Gasteiger partial charge in [0.1, 0.15) is 12.4 Å². The van der Waals surface area contributed by atoms with Crippen LogP contribution in [0.25, 0.3) is 0 Å². The second-order valence-electron chi connectivity index (χ2n) is 4.74. The molecule has 0 amide bonds. The summed E-state index contributed by atoms with van der Waals surface area (Å²) in [4.78, 5) is 2.46. The highest BCUT2D eigenvalue weighted by atomic mass is 16.5. The minimum atomic E-state index is 0.499. The van der Waals surface area contributed by atoms with Gasteiger partial charge >= 0.3 is 0 Å². The maximum Gasteiger partial charge on any atom is 0.119 e. The van der Waals surface area contributed by atoms with Crippen LogP contribution < -0.4 is 4.74 Å². The normalized spacial score (nSPS) is 15.5. The standard InChI is InChI=1S/C14H21NO2.C3H6.C2H6/c1-2-13(15-8-10-16-11-9-15)12-17-14-6-4-3-5-7-14;1-3-2;1-2/h3-7,13H,2,8-12H2,1H3;3H,1H2,2H3;1-2H3. The molecule has 0 N–H and O–H groups in total. The van der Waals surface area contributed by atoms with Gasteiger partial charge in [-0.25, -0.2) is 0 Å². The van der Waals surface area contributed by atoms with Gasteiger partial charge in [-0.3, -0.25) is 4.90 Å². The van der Waals surface area contributed by atoms with Crippen molar-refractivity contribution in [1.82, 2.24) is 4.90 Å². The average molecular weight is 307 g/mol. The van der Waals surface area contributed by atoms with Gasteiger partial charge < -0.3 is 9.47 Å². The lowest BCUT2D eigenvalue weighted by atomic mass is 10.2. The van der Waals surface area contributed by atoms with E-state index in [2.05, 4.69) is 18.4 Å². The highest BCUT2D eigenvalue weighted by Crippen LogP contribution is 2.12. The summed E-state index contributed by atoms with van der Waals surface area (Å²) < 4.78 is 11.2. The Hall–Kier alpha value is -1.32. The van der Waals surface area contributed by atoms with E-state index < -0.39 is 0 Å². The summed E-state index contributed by atoms with van der Waals surface area (Å²) in [6.07, 6.45) is 2.87. The summed E-state index contributed by atoms with van der Waals surface area (Å²) in [7, 11) is 0. The van der Waals surface area contributed by atoms with Crippen molar-refractivity contribution in [3.63, 3.8) is 0 Å². The summed E-state index contributed by atoms with van der Waals surface area (Å²) in [5, 5.41) is 0. The molecule has 1 aliphatic heterocycles. The van der Waals surface area contributed by atoms with Gasteiger partial charge in [0.25, 0.3) is 0 Å². The van der Waals surface area contributed by atoms with E-state index in [0.29, 0.717) is 6.04 Å². The Bertz CT molecular complexity index is 348. The van der Waals surface area contributed by atoms with Crippen LogP contribution in [0.5, 0.6) is 5.75 Å². The molecule has 3 nitrogen and oxygen atoms in total. The Labute approximate surface area is 136 Å². The molecule has 0 aliphatic carbocycles. The monoisotopic (exact) mass is 307 g/mol. The molecule has 1 aromatic rings. The summed E-state index contributed by atoms with van der Waals surface area (Å²) in [6, 6.07) is 10.5. The van der Waals surface area contributed by atoms with Gasteiger partial charge in [0.15, 0.2) is 0 Å². The van der Waals surface area contributed by atoms with Crippen molar-refractivity contribution in [2.24, 2.45) is 0 Å². The molecule has 1 atom stereocenters. The van der Waals surface area contributed by atoms with Crippen LogP contribution in [0, 0.1) is 0 Å². The molecule has 3 heteroatoms. The van der Waals surface area contributed by atoms with Gasteiger partial charge in [0.2, 0.25) is 0 Å². The summed E-state index contributed by atoms with van der Waals surface area (Å²) >= 11 is 0. The maximum absolute atomic E-state index is 5.83. The molecule has 1 aliphatic rings. The molecule has 0 spiro atoms. The summed E-state index contributed by atoms with van der Waals surface area (Å²) in [5.74, 6) is 0.958. The van der Waals surface area contributed by atoms with E-state index in [0.717, 1.165) is 45.1 Å². The molecule has 0 saturated carbocycles.